The summed E-state index contributed by atoms with van der Waals surface area (Å²) in [6.45, 7) is 2.16. The van der Waals surface area contributed by atoms with Gasteiger partial charge in [0.1, 0.15) is 11.5 Å². The lowest BCUT2D eigenvalue weighted by molar-refractivity contribution is 0.460. The Kier molecular flexibility index (Phi) is 6.04. The van der Waals surface area contributed by atoms with E-state index in [-0.39, 0.29) is 11.5 Å². The Balaban J connectivity index is 0.000000171. The molecule has 0 saturated carbocycles. The molecule has 2 N–H and O–H groups in total. The summed E-state index contributed by atoms with van der Waals surface area (Å²) in [6.07, 6.45) is 0. The molecule has 0 saturated heterocycles. The zero-order chi connectivity index (χ0) is 12.5. The summed E-state index contributed by atoms with van der Waals surface area (Å²) in [6, 6.07) is 16.1. The highest BCUT2D eigenvalue weighted by Crippen LogP contribution is 2.15. The number of thioether (sulfide) groups is 1. The van der Waals surface area contributed by atoms with E-state index in [1.54, 1.807) is 0 Å². The Morgan fingerprint density at radius 3 is 1.71 bits per heavy atom. The first-order chi connectivity index (χ1) is 8.22. The number of benzene rings is 2. The minimum atomic E-state index is 0.169. The van der Waals surface area contributed by atoms with Crippen LogP contribution in [0.25, 0.3) is 0 Å². The smallest absolute Gasteiger partial charge is 0.115 e. The van der Waals surface area contributed by atoms with Crippen molar-refractivity contribution >= 4 is 11.8 Å². The number of phenols is 2. The summed E-state index contributed by atoms with van der Waals surface area (Å²) in [5.41, 5.74) is 0. The Labute approximate surface area is 106 Å². The lowest BCUT2D eigenvalue weighted by Gasteiger charge is -1.93. The van der Waals surface area contributed by atoms with Gasteiger partial charge in [0.05, 0.1) is 0 Å². The van der Waals surface area contributed by atoms with Gasteiger partial charge in [-0.05, 0) is 42.2 Å². The molecular formula is C14H16O2S. The molecule has 2 rings (SSSR count). The van der Waals surface area contributed by atoms with Crippen molar-refractivity contribution in [2.75, 3.05) is 5.75 Å². The van der Waals surface area contributed by atoms with E-state index < -0.39 is 0 Å². The Morgan fingerprint density at radius 2 is 1.29 bits per heavy atom. The molecule has 0 radical (unpaired) electrons. The van der Waals surface area contributed by atoms with E-state index in [2.05, 4.69) is 31.2 Å². The third-order valence-electron chi connectivity index (χ3n) is 1.90. The first kappa shape index (κ1) is 13.5. The molecule has 0 spiro atoms. The fraction of sp³-hybridized carbons (Fsp3) is 0.143. The molecule has 0 aliphatic rings. The van der Waals surface area contributed by atoms with Crippen LogP contribution in [0.3, 0.4) is 0 Å². The maximum Gasteiger partial charge on any atom is 0.115 e. The second-order valence-electron chi connectivity index (χ2n) is 3.26. The van der Waals surface area contributed by atoms with Crippen LogP contribution in [-0.2, 0) is 0 Å². The molecule has 2 nitrogen and oxygen atoms in total. The normalized spacial score (nSPS) is 9.24. The molecule has 17 heavy (non-hydrogen) atoms. The molecule has 0 aliphatic heterocycles. The van der Waals surface area contributed by atoms with Crippen molar-refractivity contribution in [2.24, 2.45) is 0 Å². The van der Waals surface area contributed by atoms with E-state index in [1.165, 1.54) is 29.2 Å². The molecule has 0 amide bonds. The van der Waals surface area contributed by atoms with Gasteiger partial charge < -0.3 is 10.2 Å². The number of phenolic OH excluding ortho intramolecular Hbond substituents is 2. The topological polar surface area (TPSA) is 40.5 Å². The standard InChI is InChI=1S/C8H10S.C6H6O2/c1-2-9-8-6-4-3-5-7-8;7-5-1-2-6(8)4-3-5/h3-7H,2H2,1H3;1-4,7-8H. The van der Waals surface area contributed by atoms with E-state index in [1.807, 2.05) is 17.8 Å². The van der Waals surface area contributed by atoms with Gasteiger partial charge in [-0.3, -0.25) is 0 Å². The summed E-state index contributed by atoms with van der Waals surface area (Å²) >= 11 is 1.88. The van der Waals surface area contributed by atoms with Crippen LogP contribution in [0.2, 0.25) is 0 Å². The molecular weight excluding hydrogens is 232 g/mol. The van der Waals surface area contributed by atoms with Gasteiger partial charge in [0, 0.05) is 4.90 Å². The molecule has 0 fully saturated rings. The van der Waals surface area contributed by atoms with Crippen molar-refractivity contribution in [1.29, 1.82) is 0 Å². The van der Waals surface area contributed by atoms with Crippen molar-refractivity contribution < 1.29 is 10.2 Å². The molecule has 0 atom stereocenters. The van der Waals surface area contributed by atoms with Gasteiger partial charge in [-0.1, -0.05) is 25.1 Å². The van der Waals surface area contributed by atoms with Gasteiger partial charge in [0.15, 0.2) is 0 Å². The number of hydrogen-bond acceptors (Lipinski definition) is 3. The highest BCUT2D eigenvalue weighted by atomic mass is 32.2. The van der Waals surface area contributed by atoms with E-state index in [4.69, 9.17) is 10.2 Å². The summed E-state index contributed by atoms with van der Waals surface area (Å²) in [4.78, 5) is 1.36. The maximum atomic E-state index is 8.65. The quantitative estimate of drug-likeness (QED) is 0.625. The zero-order valence-electron chi connectivity index (χ0n) is 9.71. The highest BCUT2D eigenvalue weighted by molar-refractivity contribution is 7.99. The predicted molar refractivity (Wildman–Crippen MR) is 72.6 cm³/mol. The summed E-state index contributed by atoms with van der Waals surface area (Å²) < 4.78 is 0. The van der Waals surface area contributed by atoms with Gasteiger partial charge >= 0.3 is 0 Å². The number of rotatable bonds is 2. The average Bonchev–Trinajstić information content (AvgIpc) is 2.36. The van der Waals surface area contributed by atoms with Crippen LogP contribution in [0.15, 0.2) is 59.5 Å². The summed E-state index contributed by atoms with van der Waals surface area (Å²) in [5, 5.41) is 17.3. The van der Waals surface area contributed by atoms with E-state index in [9.17, 15) is 0 Å². The summed E-state index contributed by atoms with van der Waals surface area (Å²) in [5.74, 6) is 1.50. The molecule has 90 valence electrons. The van der Waals surface area contributed by atoms with Crippen molar-refractivity contribution in [3.05, 3.63) is 54.6 Å². The largest absolute Gasteiger partial charge is 0.508 e. The lowest BCUT2D eigenvalue weighted by Crippen LogP contribution is -1.68. The van der Waals surface area contributed by atoms with Crippen molar-refractivity contribution in [3.63, 3.8) is 0 Å². The number of aromatic hydroxyl groups is 2. The SMILES string of the molecule is CCSc1ccccc1.Oc1ccc(O)cc1. The summed E-state index contributed by atoms with van der Waals surface area (Å²) in [7, 11) is 0. The first-order valence-electron chi connectivity index (χ1n) is 5.38. The van der Waals surface area contributed by atoms with Gasteiger partial charge in [-0.2, -0.15) is 0 Å². The predicted octanol–water partition coefficient (Wildman–Crippen LogP) is 3.90. The minimum Gasteiger partial charge on any atom is -0.508 e. The van der Waals surface area contributed by atoms with Gasteiger partial charge in [0.2, 0.25) is 0 Å². The van der Waals surface area contributed by atoms with Crippen LogP contribution in [0.4, 0.5) is 0 Å². The molecule has 2 aromatic rings. The van der Waals surface area contributed by atoms with Crippen LogP contribution in [-0.4, -0.2) is 16.0 Å². The fourth-order valence-electron chi connectivity index (χ4n) is 1.14. The Bertz CT molecular complexity index is 391. The van der Waals surface area contributed by atoms with Gasteiger partial charge in [-0.25, -0.2) is 0 Å². The highest BCUT2D eigenvalue weighted by Gasteiger charge is 1.85. The zero-order valence-corrected chi connectivity index (χ0v) is 10.5. The monoisotopic (exact) mass is 248 g/mol. The van der Waals surface area contributed by atoms with Crippen LogP contribution >= 0.6 is 11.8 Å². The number of hydrogen-bond donors (Lipinski definition) is 2. The third kappa shape index (κ3) is 5.88. The molecule has 3 heteroatoms. The van der Waals surface area contributed by atoms with Gasteiger partial charge in [0.25, 0.3) is 0 Å². The van der Waals surface area contributed by atoms with Crippen LogP contribution in [0.1, 0.15) is 6.92 Å². The third-order valence-corrected chi connectivity index (χ3v) is 2.80. The average molecular weight is 248 g/mol. The van der Waals surface area contributed by atoms with E-state index >= 15 is 0 Å². The fourth-order valence-corrected chi connectivity index (χ4v) is 1.82. The lowest BCUT2D eigenvalue weighted by atomic mass is 10.3. The maximum absolute atomic E-state index is 8.65. The Morgan fingerprint density at radius 1 is 0.824 bits per heavy atom. The second kappa shape index (κ2) is 7.63. The molecule has 0 bridgehead atoms. The minimum absolute atomic E-state index is 0.169. The molecule has 0 unspecified atom stereocenters. The first-order valence-corrected chi connectivity index (χ1v) is 6.36. The van der Waals surface area contributed by atoms with Crippen LogP contribution in [0.5, 0.6) is 11.5 Å². The van der Waals surface area contributed by atoms with E-state index in [0.29, 0.717) is 0 Å². The molecule has 0 aliphatic carbocycles. The Hall–Kier alpha value is -1.61. The molecule has 0 heterocycles. The molecule has 0 aromatic heterocycles. The van der Waals surface area contributed by atoms with Crippen LogP contribution in [0, 0.1) is 0 Å². The second-order valence-corrected chi connectivity index (χ2v) is 4.60. The molecule has 2 aromatic carbocycles. The van der Waals surface area contributed by atoms with Crippen molar-refractivity contribution in [3.8, 4) is 11.5 Å². The van der Waals surface area contributed by atoms with Crippen molar-refractivity contribution in [2.45, 2.75) is 11.8 Å². The van der Waals surface area contributed by atoms with Crippen molar-refractivity contribution in [1.82, 2.24) is 0 Å². The van der Waals surface area contributed by atoms with E-state index in [0.717, 1.165) is 5.75 Å². The van der Waals surface area contributed by atoms with Gasteiger partial charge in [-0.15, -0.1) is 11.8 Å². The van der Waals surface area contributed by atoms with Crippen LogP contribution < -0.4 is 0 Å².